The molecule has 0 atom stereocenters. The van der Waals surface area contributed by atoms with E-state index in [-0.39, 0.29) is 25.7 Å². The predicted molar refractivity (Wildman–Crippen MR) is 89.3 cm³/mol. The van der Waals surface area contributed by atoms with Crippen molar-refractivity contribution in [1.82, 2.24) is 10.3 Å². The van der Waals surface area contributed by atoms with Gasteiger partial charge in [0.2, 0.25) is 0 Å². The summed E-state index contributed by atoms with van der Waals surface area (Å²) in [5, 5.41) is 12.3. The summed E-state index contributed by atoms with van der Waals surface area (Å²) in [7, 11) is 0. The highest BCUT2D eigenvalue weighted by Gasteiger charge is 2.05. The van der Waals surface area contributed by atoms with E-state index in [2.05, 4.69) is 22.4 Å². The summed E-state index contributed by atoms with van der Waals surface area (Å²) in [6, 6.07) is 17.8. The maximum atomic E-state index is 11.4. The Hall–Kier alpha value is -2.79. The molecule has 0 bridgehead atoms. The number of nitrogens with one attached hydrogen (secondary N) is 2. The Labute approximate surface area is 133 Å². The van der Waals surface area contributed by atoms with Gasteiger partial charge in [0.15, 0.2) is 6.61 Å². The van der Waals surface area contributed by atoms with Crippen LogP contribution in [0.25, 0.3) is 22.2 Å². The van der Waals surface area contributed by atoms with E-state index in [4.69, 9.17) is 9.84 Å². The number of amides is 1. The van der Waals surface area contributed by atoms with Crippen molar-refractivity contribution in [3.63, 3.8) is 0 Å². The van der Waals surface area contributed by atoms with E-state index in [1.807, 2.05) is 42.5 Å². The van der Waals surface area contributed by atoms with Crippen molar-refractivity contribution in [3.05, 3.63) is 54.6 Å². The molecule has 0 aliphatic carbocycles. The molecule has 3 aromatic rings. The zero-order chi connectivity index (χ0) is 16.1. The lowest BCUT2D eigenvalue weighted by molar-refractivity contribution is -0.123. The third kappa shape index (κ3) is 3.70. The molecule has 23 heavy (non-hydrogen) atoms. The normalized spacial score (nSPS) is 10.7. The Balaban J connectivity index is 1.66. The smallest absolute Gasteiger partial charge is 0.258 e. The van der Waals surface area contributed by atoms with Crippen LogP contribution in [0.5, 0.6) is 5.75 Å². The van der Waals surface area contributed by atoms with Crippen molar-refractivity contribution in [2.75, 3.05) is 19.8 Å². The second-order valence-electron chi connectivity index (χ2n) is 5.16. The lowest BCUT2D eigenvalue weighted by atomic mass is 10.1. The number of carbonyl (C=O) groups is 1. The average molecular weight is 310 g/mol. The quantitative estimate of drug-likeness (QED) is 0.654. The topological polar surface area (TPSA) is 74.4 Å². The van der Waals surface area contributed by atoms with Crippen LogP contribution in [-0.4, -0.2) is 35.8 Å². The Morgan fingerprint density at radius 3 is 2.65 bits per heavy atom. The molecular weight excluding hydrogens is 292 g/mol. The standard InChI is InChI=1S/C18H18N2O3/c21-10-9-19-18(22)12-23-15-7-5-13(6-8-15)17-11-14-3-1-2-4-16(14)20-17/h1-8,11,20-21H,9-10,12H2,(H,19,22). The number of aromatic nitrogens is 1. The number of para-hydroxylation sites is 1. The van der Waals surface area contributed by atoms with Crippen molar-refractivity contribution in [3.8, 4) is 17.0 Å². The van der Waals surface area contributed by atoms with Crippen molar-refractivity contribution in [2.45, 2.75) is 0 Å². The third-order valence-electron chi connectivity index (χ3n) is 3.50. The molecule has 0 spiro atoms. The zero-order valence-corrected chi connectivity index (χ0v) is 12.6. The molecule has 1 heterocycles. The minimum absolute atomic E-state index is 0.0638. The van der Waals surface area contributed by atoms with E-state index in [9.17, 15) is 4.79 Å². The highest BCUT2D eigenvalue weighted by molar-refractivity contribution is 5.85. The molecular formula is C18H18N2O3. The van der Waals surface area contributed by atoms with Crippen LogP contribution in [0.15, 0.2) is 54.6 Å². The molecule has 0 saturated heterocycles. The van der Waals surface area contributed by atoms with Gasteiger partial charge < -0.3 is 20.1 Å². The number of carbonyl (C=O) groups excluding carboxylic acids is 1. The van der Waals surface area contributed by atoms with E-state index in [1.54, 1.807) is 0 Å². The lowest BCUT2D eigenvalue weighted by Crippen LogP contribution is -2.31. The summed E-state index contributed by atoms with van der Waals surface area (Å²) in [6.07, 6.45) is 0. The van der Waals surface area contributed by atoms with Crippen LogP contribution in [0.1, 0.15) is 0 Å². The van der Waals surface area contributed by atoms with Gasteiger partial charge in [-0.05, 0) is 42.0 Å². The van der Waals surface area contributed by atoms with Crippen molar-refractivity contribution in [1.29, 1.82) is 0 Å². The zero-order valence-electron chi connectivity index (χ0n) is 12.6. The summed E-state index contributed by atoms with van der Waals surface area (Å²) in [5.41, 5.74) is 3.19. The van der Waals surface area contributed by atoms with Gasteiger partial charge in [0, 0.05) is 23.1 Å². The SMILES string of the molecule is O=C(COc1ccc(-c2cc3ccccc3[nH]2)cc1)NCCO. The van der Waals surface area contributed by atoms with Gasteiger partial charge in [-0.15, -0.1) is 0 Å². The van der Waals surface area contributed by atoms with Crippen LogP contribution >= 0.6 is 0 Å². The monoisotopic (exact) mass is 310 g/mol. The molecule has 0 aliphatic heterocycles. The molecule has 5 heteroatoms. The largest absolute Gasteiger partial charge is 0.484 e. The summed E-state index contributed by atoms with van der Waals surface area (Å²) >= 11 is 0. The van der Waals surface area contributed by atoms with Gasteiger partial charge in [-0.3, -0.25) is 4.79 Å². The summed E-state index contributed by atoms with van der Waals surface area (Å²) in [5.74, 6) is 0.378. The van der Waals surface area contributed by atoms with E-state index in [0.29, 0.717) is 5.75 Å². The van der Waals surface area contributed by atoms with E-state index >= 15 is 0 Å². The van der Waals surface area contributed by atoms with Crippen LogP contribution < -0.4 is 10.1 Å². The van der Waals surface area contributed by atoms with Crippen LogP contribution in [-0.2, 0) is 4.79 Å². The highest BCUT2D eigenvalue weighted by atomic mass is 16.5. The van der Waals surface area contributed by atoms with Gasteiger partial charge in [-0.25, -0.2) is 0 Å². The first-order chi connectivity index (χ1) is 11.3. The van der Waals surface area contributed by atoms with Gasteiger partial charge in [0.25, 0.3) is 5.91 Å². The predicted octanol–water partition coefficient (Wildman–Crippen LogP) is 2.32. The first-order valence-corrected chi connectivity index (χ1v) is 7.45. The van der Waals surface area contributed by atoms with Crippen LogP contribution in [0.3, 0.4) is 0 Å². The van der Waals surface area contributed by atoms with E-state index in [0.717, 1.165) is 16.8 Å². The Morgan fingerprint density at radius 2 is 1.91 bits per heavy atom. The first kappa shape index (κ1) is 15.1. The molecule has 1 amide bonds. The summed E-state index contributed by atoms with van der Waals surface area (Å²) in [6.45, 7) is 0.0954. The molecule has 0 unspecified atom stereocenters. The maximum absolute atomic E-state index is 11.4. The number of hydrogen-bond donors (Lipinski definition) is 3. The second kappa shape index (κ2) is 6.98. The van der Waals surface area contributed by atoms with E-state index < -0.39 is 0 Å². The number of H-pyrrole nitrogens is 1. The van der Waals surface area contributed by atoms with Gasteiger partial charge in [-0.1, -0.05) is 18.2 Å². The minimum Gasteiger partial charge on any atom is -0.484 e. The fourth-order valence-electron chi connectivity index (χ4n) is 2.35. The molecule has 3 N–H and O–H groups in total. The van der Waals surface area contributed by atoms with Gasteiger partial charge >= 0.3 is 0 Å². The third-order valence-corrected chi connectivity index (χ3v) is 3.50. The molecule has 1 aromatic heterocycles. The van der Waals surface area contributed by atoms with Gasteiger partial charge in [-0.2, -0.15) is 0 Å². The summed E-state index contributed by atoms with van der Waals surface area (Å²) < 4.78 is 5.41. The number of fused-ring (bicyclic) bond motifs is 1. The number of rotatable bonds is 6. The number of benzene rings is 2. The van der Waals surface area contributed by atoms with Crippen molar-refractivity contribution in [2.24, 2.45) is 0 Å². The second-order valence-corrected chi connectivity index (χ2v) is 5.16. The summed E-state index contributed by atoms with van der Waals surface area (Å²) in [4.78, 5) is 14.8. The van der Waals surface area contributed by atoms with Crippen molar-refractivity contribution >= 4 is 16.8 Å². The molecule has 5 nitrogen and oxygen atoms in total. The number of ether oxygens (including phenoxy) is 1. The lowest BCUT2D eigenvalue weighted by Gasteiger charge is -2.07. The average Bonchev–Trinajstić information content (AvgIpc) is 3.02. The minimum atomic E-state index is -0.251. The molecule has 0 saturated carbocycles. The van der Waals surface area contributed by atoms with Gasteiger partial charge in [0.1, 0.15) is 5.75 Å². The van der Waals surface area contributed by atoms with Crippen LogP contribution in [0.2, 0.25) is 0 Å². The Bertz CT molecular complexity index is 760. The number of aliphatic hydroxyl groups is 1. The van der Waals surface area contributed by atoms with Gasteiger partial charge in [0.05, 0.1) is 6.61 Å². The molecule has 0 fully saturated rings. The fraction of sp³-hybridized carbons (Fsp3) is 0.167. The molecule has 118 valence electrons. The number of aromatic amines is 1. The van der Waals surface area contributed by atoms with Crippen LogP contribution in [0.4, 0.5) is 0 Å². The first-order valence-electron chi connectivity index (χ1n) is 7.45. The molecule has 3 rings (SSSR count). The fourth-order valence-corrected chi connectivity index (χ4v) is 2.35. The Morgan fingerprint density at radius 1 is 1.13 bits per heavy atom. The van der Waals surface area contributed by atoms with Crippen molar-refractivity contribution < 1.29 is 14.6 Å². The molecule has 2 aromatic carbocycles. The molecule has 0 radical (unpaired) electrons. The van der Waals surface area contributed by atoms with Crippen LogP contribution in [0, 0.1) is 0 Å². The number of aliphatic hydroxyl groups excluding tert-OH is 1. The van der Waals surface area contributed by atoms with E-state index in [1.165, 1.54) is 5.39 Å². The highest BCUT2D eigenvalue weighted by Crippen LogP contribution is 2.25. The Kier molecular flexibility index (Phi) is 4.59. The molecule has 0 aliphatic rings. The maximum Gasteiger partial charge on any atom is 0.258 e. The number of hydrogen-bond acceptors (Lipinski definition) is 3.